The van der Waals surface area contributed by atoms with Gasteiger partial charge in [-0.05, 0) is 12.8 Å². The van der Waals surface area contributed by atoms with Crippen molar-refractivity contribution >= 4 is 0 Å². The lowest BCUT2D eigenvalue weighted by Crippen LogP contribution is -3.00. The number of rotatable bonds is 20. The molecule has 3 heteroatoms. The minimum absolute atomic E-state index is 0. The van der Waals surface area contributed by atoms with Crippen molar-refractivity contribution in [3.05, 3.63) is 0 Å². The van der Waals surface area contributed by atoms with Crippen molar-refractivity contribution in [1.82, 2.24) is 0 Å². The van der Waals surface area contributed by atoms with Crippen molar-refractivity contribution in [2.24, 2.45) is 0 Å². The van der Waals surface area contributed by atoms with Crippen molar-refractivity contribution in [3.8, 4) is 0 Å². The molecule has 0 bridgehead atoms. The third kappa shape index (κ3) is 22.4. The molecule has 0 aliphatic carbocycles. The van der Waals surface area contributed by atoms with E-state index in [9.17, 15) is 0 Å². The second-order valence-electron chi connectivity index (χ2n) is 8.76. The second-order valence-corrected chi connectivity index (χ2v) is 8.76. The van der Waals surface area contributed by atoms with E-state index in [0.29, 0.717) is 6.61 Å². The Labute approximate surface area is 176 Å². The first-order valence-electron chi connectivity index (χ1n) is 11.6. The van der Waals surface area contributed by atoms with Crippen LogP contribution in [-0.2, 0) is 0 Å². The largest absolute Gasteiger partial charge is 1.00 e. The van der Waals surface area contributed by atoms with Gasteiger partial charge in [-0.1, -0.05) is 96.8 Å². The number of aliphatic hydroxyl groups is 1. The van der Waals surface area contributed by atoms with Gasteiger partial charge < -0.3 is 26.6 Å². The van der Waals surface area contributed by atoms with Gasteiger partial charge in [-0.2, -0.15) is 0 Å². The average molecular weight is 437 g/mol. The smallest absolute Gasteiger partial charge is 0.0804 e. The van der Waals surface area contributed by atoms with Gasteiger partial charge in [0, 0.05) is 13.0 Å². The van der Waals surface area contributed by atoms with Crippen LogP contribution < -0.4 is 17.0 Å². The van der Waals surface area contributed by atoms with Crippen molar-refractivity contribution in [2.75, 3.05) is 33.8 Å². The van der Waals surface area contributed by atoms with Gasteiger partial charge in [-0.25, -0.2) is 0 Å². The first-order chi connectivity index (χ1) is 12.1. The van der Waals surface area contributed by atoms with E-state index >= 15 is 0 Å². The van der Waals surface area contributed by atoms with Crippen molar-refractivity contribution in [3.63, 3.8) is 0 Å². The summed E-state index contributed by atoms with van der Waals surface area (Å²) in [6, 6.07) is 0. The zero-order valence-corrected chi connectivity index (χ0v) is 20.0. The van der Waals surface area contributed by atoms with E-state index in [-0.39, 0.29) is 17.0 Å². The maximum Gasteiger partial charge on any atom is 0.0804 e. The molecule has 0 heterocycles. The molecule has 1 N–H and O–H groups in total. The third-order valence-electron chi connectivity index (χ3n) is 5.54. The number of hydrogen-bond acceptors (Lipinski definition) is 1. The molecule has 2 nitrogen and oxygen atoms in total. The van der Waals surface area contributed by atoms with Gasteiger partial charge in [0.15, 0.2) is 0 Å². The van der Waals surface area contributed by atoms with Gasteiger partial charge in [0.25, 0.3) is 0 Å². The van der Waals surface area contributed by atoms with Gasteiger partial charge in [-0.3, -0.25) is 0 Å². The summed E-state index contributed by atoms with van der Waals surface area (Å²) < 4.78 is 1.07. The van der Waals surface area contributed by atoms with Crippen LogP contribution in [0.3, 0.4) is 0 Å². The topological polar surface area (TPSA) is 20.2 Å². The maximum atomic E-state index is 8.93. The first-order valence-corrected chi connectivity index (χ1v) is 11.6. The molecule has 0 radical (unpaired) electrons. The highest BCUT2D eigenvalue weighted by molar-refractivity contribution is 4.50. The van der Waals surface area contributed by atoms with Crippen LogP contribution in [0.5, 0.6) is 0 Å². The van der Waals surface area contributed by atoms with E-state index in [4.69, 9.17) is 5.11 Å². The van der Waals surface area contributed by atoms with Gasteiger partial charge in [0.1, 0.15) is 0 Å². The molecule has 0 fully saturated rings. The lowest BCUT2D eigenvalue weighted by molar-refractivity contribution is -0.890. The van der Waals surface area contributed by atoms with E-state index in [1.807, 2.05) is 0 Å². The Morgan fingerprint density at radius 3 is 1.15 bits per heavy atom. The number of quaternary nitrogens is 1. The summed E-state index contributed by atoms with van der Waals surface area (Å²) in [6.45, 7) is 5.00. The zero-order valence-electron chi connectivity index (χ0n) is 18.4. The highest BCUT2D eigenvalue weighted by atomic mass is 79.9. The molecule has 0 aromatic carbocycles. The molecular weight excluding hydrogens is 386 g/mol. The fraction of sp³-hybridized carbons (Fsp3) is 1.00. The summed E-state index contributed by atoms with van der Waals surface area (Å²) in [6.07, 6.45) is 23.9. The molecule has 160 valence electrons. The van der Waals surface area contributed by atoms with E-state index in [0.717, 1.165) is 17.4 Å². The Morgan fingerprint density at radius 2 is 0.808 bits per heavy atom. The van der Waals surface area contributed by atoms with Crippen LogP contribution in [0.15, 0.2) is 0 Å². The quantitative estimate of drug-likeness (QED) is 0.228. The van der Waals surface area contributed by atoms with Crippen molar-refractivity contribution in [2.45, 2.75) is 116 Å². The molecule has 0 saturated carbocycles. The summed E-state index contributed by atoms with van der Waals surface area (Å²) in [7, 11) is 4.59. The molecule has 0 unspecified atom stereocenters. The van der Waals surface area contributed by atoms with Crippen molar-refractivity contribution < 1.29 is 26.6 Å². The summed E-state index contributed by atoms with van der Waals surface area (Å²) in [4.78, 5) is 0. The van der Waals surface area contributed by atoms with Crippen LogP contribution in [0.25, 0.3) is 0 Å². The summed E-state index contributed by atoms with van der Waals surface area (Å²) in [5, 5.41) is 8.93. The summed E-state index contributed by atoms with van der Waals surface area (Å²) in [5.41, 5.74) is 0. The average Bonchev–Trinajstić information content (AvgIpc) is 2.59. The zero-order chi connectivity index (χ0) is 18.6. The Kier molecular flexibility index (Phi) is 23.9. The standard InChI is InChI=1S/C23H50NO.BrH/c1-4-5-6-7-8-9-10-11-12-13-14-15-16-17-18-19-21-24(2,3)22-20-23-25;/h25H,4-23H2,1-3H3;1H/q+1;/p-1. The fourth-order valence-corrected chi connectivity index (χ4v) is 3.70. The van der Waals surface area contributed by atoms with Crippen LogP contribution in [-0.4, -0.2) is 43.4 Å². The Morgan fingerprint density at radius 1 is 0.500 bits per heavy atom. The molecule has 0 aliphatic rings. The highest BCUT2D eigenvalue weighted by Gasteiger charge is 2.12. The lowest BCUT2D eigenvalue weighted by Gasteiger charge is -2.29. The third-order valence-corrected chi connectivity index (χ3v) is 5.54. The van der Waals surface area contributed by atoms with Crippen LogP contribution in [0.1, 0.15) is 116 Å². The van der Waals surface area contributed by atoms with E-state index in [2.05, 4.69) is 21.0 Å². The predicted octanol–water partition coefficient (Wildman–Crippen LogP) is 3.71. The summed E-state index contributed by atoms with van der Waals surface area (Å²) in [5.74, 6) is 0. The lowest BCUT2D eigenvalue weighted by atomic mass is 10.0. The van der Waals surface area contributed by atoms with Crippen molar-refractivity contribution in [1.29, 1.82) is 0 Å². The molecule has 0 amide bonds. The molecule has 26 heavy (non-hydrogen) atoms. The van der Waals surface area contributed by atoms with Crippen LogP contribution in [0.4, 0.5) is 0 Å². The van der Waals surface area contributed by atoms with E-state index < -0.39 is 0 Å². The molecule has 0 aliphatic heterocycles. The van der Waals surface area contributed by atoms with Crippen LogP contribution in [0, 0.1) is 0 Å². The van der Waals surface area contributed by atoms with Gasteiger partial charge in [0.2, 0.25) is 0 Å². The fourth-order valence-electron chi connectivity index (χ4n) is 3.70. The first kappa shape index (κ1) is 28.6. The number of aliphatic hydroxyl groups excluding tert-OH is 1. The second kappa shape index (κ2) is 21.7. The van der Waals surface area contributed by atoms with E-state index in [1.54, 1.807) is 0 Å². The molecular formula is C23H50BrNO. The molecule has 0 rings (SSSR count). The SMILES string of the molecule is CCCCCCCCCCCCCCCCCC[N+](C)(C)CCCO.[Br-]. The molecule has 0 atom stereocenters. The summed E-state index contributed by atoms with van der Waals surface area (Å²) >= 11 is 0. The monoisotopic (exact) mass is 435 g/mol. The van der Waals surface area contributed by atoms with Gasteiger partial charge >= 0.3 is 0 Å². The Bertz CT molecular complexity index is 259. The van der Waals surface area contributed by atoms with Gasteiger partial charge in [0.05, 0.1) is 27.2 Å². The normalized spacial score (nSPS) is 11.5. The minimum atomic E-state index is 0. The minimum Gasteiger partial charge on any atom is -1.00 e. The van der Waals surface area contributed by atoms with Gasteiger partial charge in [-0.15, -0.1) is 0 Å². The number of unbranched alkanes of at least 4 members (excludes halogenated alkanes) is 15. The van der Waals surface area contributed by atoms with Crippen LogP contribution >= 0.6 is 0 Å². The highest BCUT2D eigenvalue weighted by Crippen LogP contribution is 2.14. The number of nitrogens with zero attached hydrogens (tertiary/aromatic N) is 1. The van der Waals surface area contributed by atoms with Crippen LogP contribution in [0.2, 0.25) is 0 Å². The molecule has 0 aromatic rings. The Hall–Kier alpha value is 0.400. The van der Waals surface area contributed by atoms with E-state index in [1.165, 1.54) is 109 Å². The Balaban J connectivity index is 0. The number of halogens is 1. The number of hydrogen-bond donors (Lipinski definition) is 1. The molecule has 0 aromatic heterocycles. The predicted molar refractivity (Wildman–Crippen MR) is 113 cm³/mol. The maximum absolute atomic E-state index is 8.93. The molecule has 0 spiro atoms. The molecule has 0 saturated heterocycles.